The summed E-state index contributed by atoms with van der Waals surface area (Å²) >= 11 is 0. The fourth-order valence-electron chi connectivity index (χ4n) is 3.15. The summed E-state index contributed by atoms with van der Waals surface area (Å²) in [5, 5.41) is 11.1. The number of rotatable bonds is 2. The van der Waals surface area contributed by atoms with E-state index >= 15 is 0 Å². The summed E-state index contributed by atoms with van der Waals surface area (Å²) in [7, 11) is 0. The zero-order chi connectivity index (χ0) is 15.9. The second kappa shape index (κ2) is 5.28. The van der Waals surface area contributed by atoms with Crippen LogP contribution >= 0.6 is 0 Å². The molecule has 0 unspecified atom stereocenters. The van der Waals surface area contributed by atoms with Crippen LogP contribution in [-0.4, -0.2) is 14.5 Å². The molecule has 22 heavy (non-hydrogen) atoms. The second-order valence-corrected chi connectivity index (χ2v) is 5.61. The Kier molecular flexibility index (Phi) is 3.44. The van der Waals surface area contributed by atoms with Crippen LogP contribution in [0.15, 0.2) is 21.7 Å². The predicted molar refractivity (Wildman–Crippen MR) is 82.0 cm³/mol. The highest BCUT2D eigenvalue weighted by atomic mass is 16.6. The molecule has 0 atom stereocenters. The molecule has 8 heteroatoms. The molecule has 0 saturated heterocycles. The number of nitrogens with zero attached hydrogens (tertiary/aromatic N) is 2. The van der Waals surface area contributed by atoms with Gasteiger partial charge in [0.25, 0.3) is 5.69 Å². The lowest BCUT2D eigenvalue weighted by Gasteiger charge is -2.25. The highest BCUT2D eigenvalue weighted by molar-refractivity contribution is 5.84. The third-order valence-electron chi connectivity index (χ3n) is 4.20. The zero-order valence-electron chi connectivity index (χ0n) is 11.9. The number of hydrogen-bond donors (Lipinski definition) is 2. The quantitative estimate of drug-likeness (QED) is 0.378. The fourth-order valence-corrected chi connectivity index (χ4v) is 3.15. The molecule has 1 heterocycles. The minimum Gasteiger partial charge on any atom is -0.393 e. The lowest BCUT2D eigenvalue weighted by Crippen LogP contribution is -2.39. The maximum atomic E-state index is 12.3. The van der Waals surface area contributed by atoms with Gasteiger partial charge in [0, 0.05) is 12.1 Å². The number of anilines is 1. The predicted octanol–water partition coefficient (Wildman–Crippen LogP) is 1.69. The number of hydrogen-bond acceptors (Lipinski definition) is 5. The van der Waals surface area contributed by atoms with Crippen molar-refractivity contribution < 1.29 is 4.92 Å². The number of benzene rings is 1. The van der Waals surface area contributed by atoms with Gasteiger partial charge in [-0.25, -0.2) is 0 Å². The number of nitro benzene ring substituents is 1. The fraction of sp³-hybridized carbons (Fsp3) is 0.429. The Balaban J connectivity index is 2.34. The smallest absolute Gasteiger partial charge is 0.316 e. The third kappa shape index (κ3) is 2.26. The first-order valence-corrected chi connectivity index (χ1v) is 7.21. The van der Waals surface area contributed by atoms with E-state index in [0.29, 0.717) is 11.0 Å². The van der Waals surface area contributed by atoms with Crippen molar-refractivity contribution in [2.45, 2.75) is 38.1 Å². The molecular formula is C14H16N4O4. The molecule has 0 spiro atoms. The summed E-state index contributed by atoms with van der Waals surface area (Å²) in [6, 6.07) is 2.51. The Bertz CT molecular complexity index is 861. The van der Waals surface area contributed by atoms with E-state index in [-0.39, 0.29) is 17.4 Å². The van der Waals surface area contributed by atoms with Crippen LogP contribution < -0.4 is 16.9 Å². The molecule has 2 aromatic rings. The summed E-state index contributed by atoms with van der Waals surface area (Å²) in [5.41, 5.74) is 4.66. The van der Waals surface area contributed by atoms with Gasteiger partial charge < -0.3 is 10.7 Å². The Morgan fingerprint density at radius 3 is 2.55 bits per heavy atom. The second-order valence-electron chi connectivity index (χ2n) is 5.61. The summed E-state index contributed by atoms with van der Waals surface area (Å²) in [6.07, 6.45) is 4.62. The van der Waals surface area contributed by atoms with Crippen molar-refractivity contribution in [1.82, 2.24) is 9.55 Å². The van der Waals surface area contributed by atoms with Crippen molar-refractivity contribution in [2.75, 3.05) is 5.73 Å². The molecule has 0 radical (unpaired) electrons. The zero-order valence-corrected chi connectivity index (χ0v) is 11.9. The van der Waals surface area contributed by atoms with Crippen molar-refractivity contribution in [1.29, 1.82) is 0 Å². The van der Waals surface area contributed by atoms with Crippen molar-refractivity contribution in [3.05, 3.63) is 43.0 Å². The number of fused-ring (bicyclic) bond motifs is 1. The standard InChI is InChI=1S/C14H16N4O4/c15-9-6-10-12(7-11(9)18(21)22)17(14(20)13(19)16-10)8-4-2-1-3-5-8/h6-8H,1-5,15H2,(H,16,19). The summed E-state index contributed by atoms with van der Waals surface area (Å²) in [5.74, 6) is 0. The van der Waals surface area contributed by atoms with E-state index in [2.05, 4.69) is 4.98 Å². The van der Waals surface area contributed by atoms with Gasteiger partial charge in [0.15, 0.2) is 0 Å². The Morgan fingerprint density at radius 1 is 1.23 bits per heavy atom. The van der Waals surface area contributed by atoms with E-state index in [4.69, 9.17) is 5.73 Å². The van der Waals surface area contributed by atoms with Crippen LogP contribution in [0.1, 0.15) is 38.1 Å². The molecule has 1 aromatic heterocycles. The van der Waals surface area contributed by atoms with Crippen molar-refractivity contribution in [2.24, 2.45) is 0 Å². The first-order chi connectivity index (χ1) is 10.5. The van der Waals surface area contributed by atoms with E-state index in [1.807, 2.05) is 0 Å². The van der Waals surface area contributed by atoms with Gasteiger partial charge in [-0.05, 0) is 18.9 Å². The number of nitrogens with one attached hydrogen (secondary N) is 1. The van der Waals surface area contributed by atoms with Gasteiger partial charge in [-0.15, -0.1) is 0 Å². The minimum absolute atomic E-state index is 0.0398. The van der Waals surface area contributed by atoms with Gasteiger partial charge in [0.2, 0.25) is 0 Å². The molecule has 3 rings (SSSR count). The SMILES string of the molecule is Nc1cc2[nH]c(=O)c(=O)n(C3CCCCC3)c2cc1[N+](=O)[O-]. The van der Waals surface area contributed by atoms with Crippen LogP contribution in [0.25, 0.3) is 11.0 Å². The monoisotopic (exact) mass is 304 g/mol. The third-order valence-corrected chi connectivity index (χ3v) is 4.20. The first kappa shape index (κ1) is 14.3. The Morgan fingerprint density at radius 2 is 1.91 bits per heavy atom. The molecule has 0 amide bonds. The molecule has 0 aliphatic heterocycles. The van der Waals surface area contributed by atoms with Crippen LogP contribution in [-0.2, 0) is 0 Å². The number of nitrogen functional groups attached to an aromatic ring is 1. The molecule has 1 aromatic carbocycles. The largest absolute Gasteiger partial charge is 0.393 e. The van der Waals surface area contributed by atoms with E-state index in [0.717, 1.165) is 32.1 Å². The minimum atomic E-state index is -0.730. The highest BCUT2D eigenvalue weighted by Gasteiger charge is 2.22. The van der Waals surface area contributed by atoms with E-state index in [1.54, 1.807) is 0 Å². The van der Waals surface area contributed by atoms with Gasteiger partial charge in [0.05, 0.1) is 16.0 Å². The van der Waals surface area contributed by atoms with E-state index in [9.17, 15) is 19.7 Å². The first-order valence-electron chi connectivity index (χ1n) is 7.21. The summed E-state index contributed by atoms with van der Waals surface area (Å²) < 4.78 is 1.40. The maximum Gasteiger partial charge on any atom is 0.316 e. The molecule has 1 aliphatic rings. The highest BCUT2D eigenvalue weighted by Crippen LogP contribution is 2.31. The lowest BCUT2D eigenvalue weighted by atomic mass is 9.95. The number of nitro groups is 1. The van der Waals surface area contributed by atoms with E-state index < -0.39 is 16.0 Å². The van der Waals surface area contributed by atoms with Crippen LogP contribution in [0.5, 0.6) is 0 Å². The van der Waals surface area contributed by atoms with Gasteiger partial charge in [-0.3, -0.25) is 24.3 Å². The summed E-state index contributed by atoms with van der Waals surface area (Å²) in [6.45, 7) is 0. The van der Waals surface area contributed by atoms with Crippen molar-refractivity contribution >= 4 is 22.4 Å². The average Bonchev–Trinajstić information content (AvgIpc) is 2.49. The molecule has 1 saturated carbocycles. The van der Waals surface area contributed by atoms with Crippen molar-refractivity contribution in [3.8, 4) is 0 Å². The lowest BCUT2D eigenvalue weighted by molar-refractivity contribution is -0.383. The van der Waals surface area contributed by atoms with Gasteiger partial charge in [-0.2, -0.15) is 0 Å². The topological polar surface area (TPSA) is 124 Å². The van der Waals surface area contributed by atoms with Gasteiger partial charge in [-0.1, -0.05) is 19.3 Å². The van der Waals surface area contributed by atoms with Crippen LogP contribution in [0, 0.1) is 10.1 Å². The molecule has 1 fully saturated rings. The number of aromatic amines is 1. The molecule has 1 aliphatic carbocycles. The summed E-state index contributed by atoms with van der Waals surface area (Å²) in [4.78, 5) is 37.1. The molecule has 3 N–H and O–H groups in total. The molecule has 0 bridgehead atoms. The van der Waals surface area contributed by atoms with Gasteiger partial charge in [0.1, 0.15) is 5.69 Å². The Labute approximate surface area is 124 Å². The molecule has 116 valence electrons. The maximum absolute atomic E-state index is 12.3. The normalized spacial score (nSPS) is 16.0. The molecule has 8 nitrogen and oxygen atoms in total. The van der Waals surface area contributed by atoms with Crippen LogP contribution in [0.3, 0.4) is 0 Å². The van der Waals surface area contributed by atoms with Crippen molar-refractivity contribution in [3.63, 3.8) is 0 Å². The van der Waals surface area contributed by atoms with Crippen LogP contribution in [0.2, 0.25) is 0 Å². The van der Waals surface area contributed by atoms with Crippen LogP contribution in [0.4, 0.5) is 11.4 Å². The van der Waals surface area contributed by atoms with E-state index in [1.165, 1.54) is 16.7 Å². The number of nitrogens with two attached hydrogens (primary N) is 1. The number of aromatic nitrogens is 2. The number of H-pyrrole nitrogens is 1. The average molecular weight is 304 g/mol. The Hall–Kier alpha value is -2.64. The van der Waals surface area contributed by atoms with Gasteiger partial charge >= 0.3 is 11.1 Å². The molecular weight excluding hydrogens is 288 g/mol.